The molecule has 0 aromatic carbocycles. The maximum absolute atomic E-state index is 11.8. The van der Waals surface area contributed by atoms with Gasteiger partial charge < -0.3 is 19.9 Å². The molecule has 2 N–H and O–H groups in total. The number of nitrogens with zero attached hydrogens (tertiary/aromatic N) is 3. The number of ether oxygens (including phenoxy) is 1. The molecule has 2 unspecified atom stereocenters. The van der Waals surface area contributed by atoms with Crippen molar-refractivity contribution in [3.63, 3.8) is 0 Å². The summed E-state index contributed by atoms with van der Waals surface area (Å²) in [6.07, 6.45) is 5.52. The van der Waals surface area contributed by atoms with Gasteiger partial charge in [0.1, 0.15) is 11.6 Å². The molecule has 0 amide bonds. The summed E-state index contributed by atoms with van der Waals surface area (Å²) in [6.45, 7) is 4.39. The van der Waals surface area contributed by atoms with Crippen molar-refractivity contribution in [2.45, 2.75) is 51.1 Å². The number of carbonyl (C=O) groups excluding carboxylic acids is 1. The number of rotatable bonds is 3. The topological polar surface area (TPSA) is 73.4 Å². The van der Waals surface area contributed by atoms with Gasteiger partial charge in [0, 0.05) is 25.0 Å². The highest BCUT2D eigenvalue weighted by atomic mass is 16.5. The number of hydrogen-bond donors (Lipinski definition) is 1. The van der Waals surface area contributed by atoms with E-state index in [9.17, 15) is 4.79 Å². The van der Waals surface area contributed by atoms with Crippen molar-refractivity contribution in [1.82, 2.24) is 14.5 Å². The molecular formula is C15H24N4O2. The molecule has 3 rings (SSSR count). The fourth-order valence-electron chi connectivity index (χ4n) is 3.83. The van der Waals surface area contributed by atoms with Crippen LogP contribution in [-0.2, 0) is 11.2 Å². The smallest absolute Gasteiger partial charge is 0.360 e. The van der Waals surface area contributed by atoms with Crippen LogP contribution in [0.2, 0.25) is 0 Å². The molecule has 2 aliphatic rings. The molecule has 116 valence electrons. The van der Waals surface area contributed by atoms with E-state index in [0.717, 1.165) is 31.6 Å². The number of piperidine rings is 1. The van der Waals surface area contributed by atoms with Crippen LogP contribution >= 0.6 is 0 Å². The Labute approximate surface area is 125 Å². The van der Waals surface area contributed by atoms with Crippen molar-refractivity contribution >= 4 is 11.8 Å². The minimum absolute atomic E-state index is 0.267. The summed E-state index contributed by atoms with van der Waals surface area (Å²) in [5, 5.41) is 0. The van der Waals surface area contributed by atoms with Crippen molar-refractivity contribution < 1.29 is 9.53 Å². The summed E-state index contributed by atoms with van der Waals surface area (Å²) in [4.78, 5) is 18.8. The van der Waals surface area contributed by atoms with E-state index < -0.39 is 5.97 Å². The summed E-state index contributed by atoms with van der Waals surface area (Å²) in [6, 6.07) is 1.02. The van der Waals surface area contributed by atoms with Gasteiger partial charge in [0.25, 0.3) is 0 Å². The molecule has 0 aliphatic carbocycles. The lowest BCUT2D eigenvalue weighted by Crippen LogP contribution is -2.39. The average Bonchev–Trinajstić information content (AvgIpc) is 3.09. The highest BCUT2D eigenvalue weighted by Gasteiger charge is 2.34. The van der Waals surface area contributed by atoms with Crippen molar-refractivity contribution in [1.29, 1.82) is 0 Å². The standard InChI is InChI=1S/C15H24N4O2/c1-3-12-17-13(15(20)21-2)14(16)19(12)11-6-8-18-7-4-5-10(18)9-11/h10-11H,3-9,16H2,1-2H3. The van der Waals surface area contributed by atoms with E-state index in [1.807, 2.05) is 6.92 Å². The number of aromatic nitrogens is 2. The van der Waals surface area contributed by atoms with Crippen LogP contribution < -0.4 is 5.73 Å². The molecular weight excluding hydrogens is 268 g/mol. The molecule has 0 spiro atoms. The molecule has 2 saturated heterocycles. The molecule has 0 bridgehead atoms. The van der Waals surface area contributed by atoms with Gasteiger partial charge in [-0.2, -0.15) is 0 Å². The monoisotopic (exact) mass is 292 g/mol. The molecule has 0 saturated carbocycles. The average molecular weight is 292 g/mol. The predicted octanol–water partition coefficient (Wildman–Crippen LogP) is 1.61. The highest BCUT2D eigenvalue weighted by Crippen LogP contribution is 2.36. The summed E-state index contributed by atoms with van der Waals surface area (Å²) in [5.41, 5.74) is 6.48. The third-order valence-electron chi connectivity index (χ3n) is 4.87. The molecule has 0 radical (unpaired) electrons. The number of nitrogens with two attached hydrogens (primary N) is 1. The van der Waals surface area contributed by atoms with E-state index in [-0.39, 0.29) is 5.69 Å². The minimum Gasteiger partial charge on any atom is -0.464 e. The Morgan fingerprint density at radius 3 is 2.90 bits per heavy atom. The zero-order chi connectivity index (χ0) is 15.0. The minimum atomic E-state index is -0.445. The molecule has 1 aromatic rings. The summed E-state index contributed by atoms with van der Waals surface area (Å²) in [7, 11) is 1.36. The Hall–Kier alpha value is -1.56. The molecule has 6 heteroatoms. The van der Waals surface area contributed by atoms with Gasteiger partial charge in [0.05, 0.1) is 7.11 Å². The lowest BCUT2D eigenvalue weighted by Gasteiger charge is -2.36. The second-order valence-corrected chi connectivity index (χ2v) is 5.99. The van der Waals surface area contributed by atoms with Crippen molar-refractivity contribution in [2.75, 3.05) is 25.9 Å². The van der Waals surface area contributed by atoms with Crippen LogP contribution in [0.3, 0.4) is 0 Å². The summed E-state index contributed by atoms with van der Waals surface area (Å²) in [5.74, 6) is 0.916. The van der Waals surface area contributed by atoms with Crippen LogP contribution in [0.15, 0.2) is 0 Å². The third-order valence-corrected chi connectivity index (χ3v) is 4.87. The largest absolute Gasteiger partial charge is 0.464 e. The van der Waals surface area contributed by atoms with Crippen LogP contribution in [0.5, 0.6) is 0 Å². The van der Waals surface area contributed by atoms with Gasteiger partial charge in [-0.3, -0.25) is 0 Å². The number of anilines is 1. The quantitative estimate of drug-likeness (QED) is 0.857. The van der Waals surface area contributed by atoms with Crippen LogP contribution in [0.1, 0.15) is 55.0 Å². The molecule has 1 aromatic heterocycles. The van der Waals surface area contributed by atoms with Crippen molar-refractivity contribution in [3.05, 3.63) is 11.5 Å². The maximum atomic E-state index is 11.8. The zero-order valence-electron chi connectivity index (χ0n) is 12.8. The van der Waals surface area contributed by atoms with Gasteiger partial charge in [0.2, 0.25) is 0 Å². The van der Waals surface area contributed by atoms with Gasteiger partial charge in [-0.15, -0.1) is 0 Å². The second kappa shape index (κ2) is 5.67. The Balaban J connectivity index is 1.90. The van der Waals surface area contributed by atoms with Crippen molar-refractivity contribution in [3.8, 4) is 0 Å². The second-order valence-electron chi connectivity index (χ2n) is 5.99. The van der Waals surface area contributed by atoms with Crippen LogP contribution in [0, 0.1) is 0 Å². The van der Waals surface area contributed by atoms with E-state index in [1.165, 1.54) is 26.5 Å². The first-order valence-electron chi connectivity index (χ1n) is 7.84. The fourth-order valence-corrected chi connectivity index (χ4v) is 3.83. The maximum Gasteiger partial charge on any atom is 0.360 e. The van der Waals surface area contributed by atoms with Crippen LogP contribution in [0.25, 0.3) is 0 Å². The predicted molar refractivity (Wildman–Crippen MR) is 80.2 cm³/mol. The van der Waals surface area contributed by atoms with Gasteiger partial charge >= 0.3 is 5.97 Å². The van der Waals surface area contributed by atoms with Crippen LogP contribution in [-0.4, -0.2) is 46.7 Å². The number of esters is 1. The molecule has 2 aliphatic heterocycles. The number of nitrogen functional groups attached to an aromatic ring is 1. The van der Waals surface area contributed by atoms with Gasteiger partial charge in [-0.1, -0.05) is 6.92 Å². The van der Waals surface area contributed by atoms with E-state index in [1.54, 1.807) is 0 Å². The first-order chi connectivity index (χ1) is 10.2. The molecule has 3 heterocycles. The first-order valence-corrected chi connectivity index (χ1v) is 7.84. The van der Waals surface area contributed by atoms with Gasteiger partial charge in [-0.25, -0.2) is 9.78 Å². The number of carbonyl (C=O) groups is 1. The number of hydrogen-bond acceptors (Lipinski definition) is 5. The molecule has 2 fully saturated rings. The Morgan fingerprint density at radius 1 is 1.38 bits per heavy atom. The molecule has 2 atom stereocenters. The van der Waals surface area contributed by atoms with Crippen molar-refractivity contribution in [2.24, 2.45) is 0 Å². The Morgan fingerprint density at radius 2 is 2.19 bits per heavy atom. The van der Waals surface area contributed by atoms with E-state index in [0.29, 0.717) is 17.9 Å². The zero-order valence-corrected chi connectivity index (χ0v) is 12.8. The Bertz CT molecular complexity index is 540. The van der Waals surface area contributed by atoms with E-state index in [2.05, 4.69) is 14.5 Å². The number of aryl methyl sites for hydroxylation is 1. The lowest BCUT2D eigenvalue weighted by atomic mass is 9.97. The number of methoxy groups -OCH3 is 1. The number of fused-ring (bicyclic) bond motifs is 1. The Kier molecular flexibility index (Phi) is 3.89. The lowest BCUT2D eigenvalue weighted by molar-refractivity contribution is 0.0595. The SMILES string of the molecule is CCc1nc(C(=O)OC)c(N)n1C1CCN2CCCC2C1. The first kappa shape index (κ1) is 14.4. The summed E-state index contributed by atoms with van der Waals surface area (Å²) >= 11 is 0. The van der Waals surface area contributed by atoms with Gasteiger partial charge in [-0.05, 0) is 32.2 Å². The normalized spacial score (nSPS) is 25.8. The highest BCUT2D eigenvalue weighted by molar-refractivity contribution is 5.92. The molecule has 6 nitrogen and oxygen atoms in total. The molecule has 21 heavy (non-hydrogen) atoms. The van der Waals surface area contributed by atoms with E-state index >= 15 is 0 Å². The summed E-state index contributed by atoms with van der Waals surface area (Å²) < 4.78 is 6.87. The number of imidazole rings is 1. The van der Waals surface area contributed by atoms with Gasteiger partial charge in [0.15, 0.2) is 5.69 Å². The fraction of sp³-hybridized carbons (Fsp3) is 0.733. The van der Waals surface area contributed by atoms with Crippen LogP contribution in [0.4, 0.5) is 5.82 Å². The van der Waals surface area contributed by atoms with E-state index in [4.69, 9.17) is 10.5 Å². The third kappa shape index (κ3) is 2.41.